The quantitative estimate of drug-likeness (QED) is 0.898. The van der Waals surface area contributed by atoms with Gasteiger partial charge in [-0.25, -0.2) is 0 Å². The van der Waals surface area contributed by atoms with Crippen LogP contribution in [0.3, 0.4) is 0 Å². The molecule has 0 fully saturated rings. The minimum Gasteiger partial charge on any atom is -0.328 e. The van der Waals surface area contributed by atoms with E-state index in [4.69, 9.17) is 17.3 Å². The molecule has 0 saturated heterocycles. The second kappa shape index (κ2) is 4.52. The predicted molar refractivity (Wildman–Crippen MR) is 72.8 cm³/mol. The highest BCUT2D eigenvalue weighted by Gasteiger charge is 2.35. The van der Waals surface area contributed by atoms with Crippen LogP contribution in [0.1, 0.15) is 13.8 Å². The fraction of sp³-hybridized carbons (Fsp3) is 0.417. The topological polar surface area (TPSA) is 46.3 Å². The molecule has 0 unspecified atom stereocenters. The van der Waals surface area contributed by atoms with Crippen molar-refractivity contribution in [1.82, 2.24) is 0 Å². The maximum absolute atomic E-state index is 12.1. The van der Waals surface area contributed by atoms with E-state index in [1.54, 1.807) is 16.7 Å². The van der Waals surface area contributed by atoms with E-state index in [-0.39, 0.29) is 5.91 Å². The summed E-state index contributed by atoms with van der Waals surface area (Å²) in [7, 11) is 0. The molecule has 5 heteroatoms. The van der Waals surface area contributed by atoms with Crippen LogP contribution in [-0.4, -0.2) is 23.7 Å². The van der Waals surface area contributed by atoms with Crippen LogP contribution in [0.5, 0.6) is 0 Å². The van der Waals surface area contributed by atoms with Gasteiger partial charge in [0, 0.05) is 16.5 Å². The second-order valence-corrected chi connectivity index (χ2v) is 6.10. The summed E-state index contributed by atoms with van der Waals surface area (Å²) < 4.78 is 0. The third-order valence-electron chi connectivity index (χ3n) is 2.87. The summed E-state index contributed by atoms with van der Waals surface area (Å²) in [6.07, 6.45) is 0. The van der Waals surface area contributed by atoms with Gasteiger partial charge in [0.15, 0.2) is 0 Å². The number of amides is 1. The van der Waals surface area contributed by atoms with Crippen LogP contribution in [0.15, 0.2) is 23.1 Å². The Morgan fingerprint density at radius 3 is 2.88 bits per heavy atom. The first-order valence-electron chi connectivity index (χ1n) is 5.41. The molecular formula is C12H15ClN2OS. The van der Waals surface area contributed by atoms with Crippen LogP contribution < -0.4 is 10.6 Å². The number of hydrogen-bond donors (Lipinski definition) is 1. The van der Waals surface area contributed by atoms with Crippen LogP contribution in [-0.2, 0) is 4.79 Å². The molecule has 1 aliphatic rings. The molecule has 1 heterocycles. The minimum absolute atomic E-state index is 0.0835. The fourth-order valence-corrected chi connectivity index (χ4v) is 2.92. The molecule has 2 N–H and O–H groups in total. The van der Waals surface area contributed by atoms with E-state index in [1.807, 2.05) is 32.0 Å². The molecule has 3 nitrogen and oxygen atoms in total. The molecule has 0 saturated carbocycles. The fourth-order valence-electron chi connectivity index (χ4n) is 1.88. The van der Waals surface area contributed by atoms with E-state index in [9.17, 15) is 4.79 Å². The Bertz CT molecular complexity index is 462. The lowest BCUT2D eigenvalue weighted by Gasteiger charge is -2.41. The van der Waals surface area contributed by atoms with Crippen LogP contribution in [0.4, 0.5) is 5.69 Å². The highest BCUT2D eigenvalue weighted by atomic mass is 35.5. The third kappa shape index (κ3) is 2.30. The largest absolute Gasteiger partial charge is 0.328 e. The second-order valence-electron chi connectivity index (χ2n) is 4.65. The number of nitrogens with two attached hydrogens (primary N) is 1. The van der Waals surface area contributed by atoms with Gasteiger partial charge in [-0.2, -0.15) is 0 Å². The number of carbonyl (C=O) groups excluding carboxylic acids is 1. The van der Waals surface area contributed by atoms with Crippen LogP contribution in [0.2, 0.25) is 5.02 Å². The molecule has 92 valence electrons. The molecule has 0 radical (unpaired) electrons. The first-order chi connectivity index (χ1) is 7.95. The molecule has 1 aromatic rings. The zero-order chi connectivity index (χ0) is 12.6. The van der Waals surface area contributed by atoms with Gasteiger partial charge >= 0.3 is 0 Å². The molecular weight excluding hydrogens is 256 g/mol. The lowest BCUT2D eigenvalue weighted by molar-refractivity contribution is -0.117. The number of benzene rings is 1. The van der Waals surface area contributed by atoms with Crippen LogP contribution in [0.25, 0.3) is 0 Å². The Balaban J connectivity index is 2.53. The zero-order valence-corrected chi connectivity index (χ0v) is 11.4. The molecule has 0 spiro atoms. The number of fused-ring (bicyclic) bond motifs is 1. The molecule has 1 aliphatic heterocycles. The number of thioether (sulfide) groups is 1. The summed E-state index contributed by atoms with van der Waals surface area (Å²) in [6.45, 7) is 4.34. The Hall–Kier alpha value is -0.710. The van der Waals surface area contributed by atoms with Crippen molar-refractivity contribution in [1.29, 1.82) is 0 Å². The lowest BCUT2D eigenvalue weighted by Crippen LogP contribution is -2.54. The molecule has 0 aromatic heterocycles. The molecule has 0 bridgehead atoms. The van der Waals surface area contributed by atoms with Gasteiger partial charge in [-0.3, -0.25) is 4.79 Å². The summed E-state index contributed by atoms with van der Waals surface area (Å²) in [5, 5.41) is 0.636. The first-order valence-corrected chi connectivity index (χ1v) is 6.77. The van der Waals surface area contributed by atoms with Crippen molar-refractivity contribution in [2.75, 3.05) is 17.2 Å². The van der Waals surface area contributed by atoms with Gasteiger partial charge in [-0.1, -0.05) is 11.6 Å². The summed E-state index contributed by atoms with van der Waals surface area (Å²) in [6, 6.07) is 5.63. The van der Waals surface area contributed by atoms with E-state index >= 15 is 0 Å². The Labute approximate surface area is 110 Å². The van der Waals surface area contributed by atoms with Gasteiger partial charge in [-0.05, 0) is 32.0 Å². The van der Waals surface area contributed by atoms with E-state index in [0.29, 0.717) is 17.3 Å². The van der Waals surface area contributed by atoms with E-state index in [1.165, 1.54) is 0 Å². The van der Waals surface area contributed by atoms with Gasteiger partial charge < -0.3 is 10.6 Å². The number of hydrogen-bond acceptors (Lipinski definition) is 3. The zero-order valence-electron chi connectivity index (χ0n) is 9.87. The molecule has 1 amide bonds. The van der Waals surface area contributed by atoms with Crippen LogP contribution >= 0.6 is 23.4 Å². The van der Waals surface area contributed by atoms with Gasteiger partial charge in [0.1, 0.15) is 0 Å². The number of nitrogens with zero attached hydrogens (tertiary/aromatic N) is 1. The van der Waals surface area contributed by atoms with Gasteiger partial charge in [0.05, 0.1) is 17.0 Å². The summed E-state index contributed by atoms with van der Waals surface area (Å²) in [5.74, 6) is 0.540. The Morgan fingerprint density at radius 1 is 1.53 bits per heavy atom. The normalized spacial score (nSPS) is 16.0. The van der Waals surface area contributed by atoms with E-state index in [2.05, 4.69) is 0 Å². The third-order valence-corrected chi connectivity index (χ3v) is 4.15. The molecule has 0 aliphatic carbocycles. The first kappa shape index (κ1) is 12.7. The summed E-state index contributed by atoms with van der Waals surface area (Å²) in [5.41, 5.74) is 6.24. The molecule has 0 atom stereocenters. The monoisotopic (exact) mass is 270 g/mol. The summed E-state index contributed by atoms with van der Waals surface area (Å²) >= 11 is 7.55. The number of rotatable bonds is 2. The maximum Gasteiger partial charge on any atom is 0.237 e. The highest BCUT2D eigenvalue weighted by Crippen LogP contribution is 2.40. The van der Waals surface area contributed by atoms with Crippen LogP contribution in [0, 0.1) is 0 Å². The van der Waals surface area contributed by atoms with E-state index in [0.717, 1.165) is 10.6 Å². The van der Waals surface area contributed by atoms with Crippen molar-refractivity contribution in [2.24, 2.45) is 5.73 Å². The predicted octanol–water partition coefficient (Wildman–Crippen LogP) is 2.52. The maximum atomic E-state index is 12.1. The van der Waals surface area contributed by atoms with Gasteiger partial charge in [0.2, 0.25) is 5.91 Å². The van der Waals surface area contributed by atoms with Crippen molar-refractivity contribution in [3.05, 3.63) is 23.2 Å². The molecule has 2 rings (SSSR count). The molecule has 17 heavy (non-hydrogen) atoms. The lowest BCUT2D eigenvalue weighted by atomic mass is 10.0. The Morgan fingerprint density at radius 2 is 2.24 bits per heavy atom. The average Bonchev–Trinajstić information content (AvgIpc) is 2.28. The number of carbonyl (C=O) groups is 1. The average molecular weight is 271 g/mol. The van der Waals surface area contributed by atoms with Gasteiger partial charge in [-0.15, -0.1) is 11.8 Å². The smallest absolute Gasteiger partial charge is 0.237 e. The number of anilines is 1. The SMILES string of the molecule is CC(C)(CN)N1C(=O)CSc2ccc(Cl)cc21. The van der Waals surface area contributed by atoms with E-state index < -0.39 is 5.54 Å². The van der Waals surface area contributed by atoms with Crippen molar-refractivity contribution >= 4 is 35.0 Å². The Kier molecular flexibility index (Phi) is 3.39. The summed E-state index contributed by atoms with van der Waals surface area (Å²) in [4.78, 5) is 14.9. The van der Waals surface area contributed by atoms with Crippen molar-refractivity contribution in [3.8, 4) is 0 Å². The van der Waals surface area contributed by atoms with Gasteiger partial charge in [0.25, 0.3) is 0 Å². The van der Waals surface area contributed by atoms with Crippen molar-refractivity contribution in [3.63, 3.8) is 0 Å². The van der Waals surface area contributed by atoms with Crippen molar-refractivity contribution < 1.29 is 4.79 Å². The standard InChI is InChI=1S/C12H15ClN2OS/c1-12(2,7-14)15-9-5-8(13)3-4-10(9)17-6-11(15)16/h3-5H,6-7,14H2,1-2H3. The molecule has 1 aromatic carbocycles. The minimum atomic E-state index is -0.391. The number of halogens is 1. The highest BCUT2D eigenvalue weighted by molar-refractivity contribution is 8.00. The van der Waals surface area contributed by atoms with Crippen molar-refractivity contribution in [2.45, 2.75) is 24.3 Å².